The topological polar surface area (TPSA) is 93.1 Å². The summed E-state index contributed by atoms with van der Waals surface area (Å²) in [6.07, 6.45) is 6.26. The highest BCUT2D eigenvalue weighted by Gasteiger charge is 2.28. The molecule has 1 fully saturated rings. The van der Waals surface area contributed by atoms with Gasteiger partial charge in [0.15, 0.2) is 14.9 Å². The number of halogens is 2. The molecule has 0 aliphatic heterocycles. The fraction of sp³-hybridized carbons (Fsp3) is 0.231. The van der Waals surface area contributed by atoms with E-state index >= 15 is 0 Å². The quantitative estimate of drug-likeness (QED) is 0.204. The van der Waals surface area contributed by atoms with Crippen LogP contribution in [0.1, 0.15) is 45.9 Å². The second kappa shape index (κ2) is 9.88. The van der Waals surface area contributed by atoms with Crippen LogP contribution < -0.4 is 4.90 Å². The van der Waals surface area contributed by atoms with Crippen LogP contribution in [0.15, 0.2) is 66.0 Å². The van der Waals surface area contributed by atoms with Crippen LogP contribution in [-0.2, 0) is 21.7 Å². The van der Waals surface area contributed by atoms with Crippen LogP contribution >= 0.6 is 27.5 Å². The standard InChI is InChI=1S/C26H22BrClN4O3S/c1-36(34,35)25-23(3-2-10-29-25)32(26(33)19-8-9-21(30-14-19)17-6-7-17)15-16-4-5-18-12-20(13-27)24(28)31-22(18)11-16/h2-5,8-12,14,17H,6-7,13,15H2,1H3. The summed E-state index contributed by atoms with van der Waals surface area (Å²) < 4.78 is 25.1. The minimum absolute atomic E-state index is 0.104. The van der Waals surface area contributed by atoms with E-state index in [-0.39, 0.29) is 23.2 Å². The third-order valence-corrected chi connectivity index (χ3v) is 8.01. The molecule has 1 aromatic carbocycles. The molecule has 5 rings (SSSR count). The zero-order valence-electron chi connectivity index (χ0n) is 19.4. The maximum Gasteiger partial charge on any atom is 0.260 e. The number of anilines is 1. The molecule has 10 heteroatoms. The van der Waals surface area contributed by atoms with Gasteiger partial charge in [-0.25, -0.2) is 18.4 Å². The normalized spacial score (nSPS) is 13.6. The van der Waals surface area contributed by atoms with Gasteiger partial charge in [-0.05, 0) is 54.8 Å². The van der Waals surface area contributed by atoms with Crippen LogP contribution in [0.25, 0.3) is 10.9 Å². The predicted molar refractivity (Wildman–Crippen MR) is 143 cm³/mol. The Kier molecular flexibility index (Phi) is 6.80. The molecule has 0 bridgehead atoms. The number of benzene rings is 1. The Balaban J connectivity index is 1.57. The van der Waals surface area contributed by atoms with E-state index in [1.54, 1.807) is 24.4 Å². The highest BCUT2D eigenvalue weighted by atomic mass is 79.9. The van der Waals surface area contributed by atoms with E-state index in [1.165, 1.54) is 11.1 Å². The molecule has 1 amide bonds. The average molecular weight is 586 g/mol. The molecule has 0 spiro atoms. The van der Waals surface area contributed by atoms with Crippen LogP contribution in [0.5, 0.6) is 0 Å². The third kappa shape index (κ3) is 5.14. The molecule has 0 N–H and O–H groups in total. The van der Waals surface area contributed by atoms with E-state index in [1.807, 2.05) is 30.3 Å². The zero-order chi connectivity index (χ0) is 25.4. The number of amides is 1. The first-order chi connectivity index (χ1) is 17.2. The molecule has 184 valence electrons. The van der Waals surface area contributed by atoms with Gasteiger partial charge in [0.1, 0.15) is 5.15 Å². The Morgan fingerprint density at radius 3 is 2.61 bits per heavy atom. The van der Waals surface area contributed by atoms with Gasteiger partial charge in [-0.3, -0.25) is 9.78 Å². The van der Waals surface area contributed by atoms with Crippen molar-refractivity contribution in [1.29, 1.82) is 0 Å². The van der Waals surface area contributed by atoms with Crippen molar-refractivity contribution in [3.63, 3.8) is 0 Å². The molecule has 4 aromatic rings. The molecule has 3 heterocycles. The first kappa shape index (κ1) is 24.8. The monoisotopic (exact) mass is 584 g/mol. The van der Waals surface area contributed by atoms with Gasteiger partial charge in [-0.15, -0.1) is 0 Å². The van der Waals surface area contributed by atoms with Crippen molar-refractivity contribution < 1.29 is 13.2 Å². The summed E-state index contributed by atoms with van der Waals surface area (Å²) in [6.45, 7) is 0.104. The van der Waals surface area contributed by atoms with Crippen LogP contribution in [0.3, 0.4) is 0 Å². The Bertz CT molecular complexity index is 1570. The van der Waals surface area contributed by atoms with Crippen molar-refractivity contribution in [3.05, 3.63) is 88.5 Å². The molecule has 36 heavy (non-hydrogen) atoms. The van der Waals surface area contributed by atoms with Crippen LogP contribution in [-0.4, -0.2) is 35.5 Å². The maximum absolute atomic E-state index is 13.7. The van der Waals surface area contributed by atoms with E-state index in [2.05, 4.69) is 30.9 Å². The van der Waals surface area contributed by atoms with E-state index in [4.69, 9.17) is 11.6 Å². The molecule has 1 aliphatic carbocycles. The maximum atomic E-state index is 13.7. The lowest BCUT2D eigenvalue weighted by atomic mass is 10.1. The summed E-state index contributed by atoms with van der Waals surface area (Å²) in [5, 5.41) is 1.73. The first-order valence-corrected chi connectivity index (χ1v) is 14.7. The third-order valence-electron chi connectivity index (χ3n) is 6.06. The fourth-order valence-corrected chi connectivity index (χ4v) is 5.67. The molecule has 1 saturated carbocycles. The van der Waals surface area contributed by atoms with Crippen molar-refractivity contribution in [3.8, 4) is 0 Å². The van der Waals surface area contributed by atoms with Crippen molar-refractivity contribution in [2.45, 2.75) is 35.7 Å². The number of fused-ring (bicyclic) bond motifs is 1. The summed E-state index contributed by atoms with van der Waals surface area (Å²) in [7, 11) is -3.70. The van der Waals surface area contributed by atoms with Gasteiger partial charge in [-0.2, -0.15) is 0 Å². The largest absolute Gasteiger partial charge is 0.301 e. The number of sulfone groups is 1. The lowest BCUT2D eigenvalue weighted by molar-refractivity contribution is 0.0984. The Morgan fingerprint density at radius 1 is 1.14 bits per heavy atom. The second-order valence-electron chi connectivity index (χ2n) is 8.84. The Morgan fingerprint density at radius 2 is 1.94 bits per heavy atom. The number of aromatic nitrogens is 3. The molecule has 0 unspecified atom stereocenters. The first-order valence-electron chi connectivity index (χ1n) is 11.3. The zero-order valence-corrected chi connectivity index (χ0v) is 22.5. The van der Waals surface area contributed by atoms with Crippen molar-refractivity contribution in [2.75, 3.05) is 11.2 Å². The van der Waals surface area contributed by atoms with Gasteiger partial charge >= 0.3 is 0 Å². The van der Waals surface area contributed by atoms with Gasteiger partial charge in [-0.1, -0.05) is 39.7 Å². The molecule has 0 atom stereocenters. The van der Waals surface area contributed by atoms with Crippen molar-refractivity contribution in [1.82, 2.24) is 15.0 Å². The number of hydrogen-bond donors (Lipinski definition) is 0. The molecular weight excluding hydrogens is 564 g/mol. The van der Waals surface area contributed by atoms with E-state index in [9.17, 15) is 13.2 Å². The second-order valence-corrected chi connectivity index (χ2v) is 11.7. The van der Waals surface area contributed by atoms with Gasteiger partial charge in [0, 0.05) is 46.5 Å². The van der Waals surface area contributed by atoms with Gasteiger partial charge < -0.3 is 4.90 Å². The summed E-state index contributed by atoms with van der Waals surface area (Å²) in [5.41, 5.74) is 3.86. The minimum Gasteiger partial charge on any atom is -0.301 e. The van der Waals surface area contributed by atoms with Crippen LogP contribution in [0.2, 0.25) is 5.15 Å². The Hall–Kier alpha value is -2.88. The van der Waals surface area contributed by atoms with Gasteiger partial charge in [0.2, 0.25) is 0 Å². The van der Waals surface area contributed by atoms with Crippen molar-refractivity contribution in [2.24, 2.45) is 0 Å². The number of rotatable bonds is 7. The molecular formula is C26H22BrClN4O3S. The average Bonchev–Trinajstić information content (AvgIpc) is 3.72. The predicted octanol–water partition coefficient (Wildman–Crippen LogP) is 5.70. The summed E-state index contributed by atoms with van der Waals surface area (Å²) in [6, 6.07) is 14.4. The highest BCUT2D eigenvalue weighted by Crippen LogP contribution is 2.39. The number of hydrogen-bond acceptors (Lipinski definition) is 6. The number of carbonyl (C=O) groups excluding carboxylic acids is 1. The number of nitrogens with zero attached hydrogens (tertiary/aromatic N) is 4. The van der Waals surface area contributed by atoms with Gasteiger partial charge in [0.05, 0.1) is 23.3 Å². The number of alkyl halides is 1. The number of carbonyl (C=O) groups is 1. The molecule has 3 aromatic heterocycles. The highest BCUT2D eigenvalue weighted by molar-refractivity contribution is 9.08. The number of pyridine rings is 3. The van der Waals surface area contributed by atoms with E-state index in [0.29, 0.717) is 27.5 Å². The molecule has 1 aliphatic rings. The lowest BCUT2D eigenvalue weighted by Gasteiger charge is -2.24. The molecule has 0 radical (unpaired) electrons. The Labute approximate surface area is 222 Å². The SMILES string of the molecule is CS(=O)(=O)c1ncccc1N(Cc1ccc2cc(CBr)c(Cl)nc2c1)C(=O)c1ccc(C2CC2)nc1. The van der Waals surface area contributed by atoms with Crippen molar-refractivity contribution >= 4 is 59.9 Å². The minimum atomic E-state index is -3.70. The van der Waals surface area contributed by atoms with Crippen LogP contribution in [0, 0.1) is 0 Å². The molecule has 7 nitrogen and oxygen atoms in total. The summed E-state index contributed by atoms with van der Waals surface area (Å²) in [4.78, 5) is 28.2. The fourth-order valence-electron chi connectivity index (χ4n) is 4.06. The van der Waals surface area contributed by atoms with E-state index in [0.717, 1.165) is 41.3 Å². The molecule has 0 saturated heterocycles. The lowest BCUT2D eigenvalue weighted by Crippen LogP contribution is -2.32. The summed E-state index contributed by atoms with van der Waals surface area (Å²) in [5.74, 6) is 0.0888. The van der Waals surface area contributed by atoms with Crippen LogP contribution in [0.4, 0.5) is 5.69 Å². The van der Waals surface area contributed by atoms with Gasteiger partial charge in [0.25, 0.3) is 5.91 Å². The smallest absolute Gasteiger partial charge is 0.260 e. The summed E-state index contributed by atoms with van der Waals surface area (Å²) >= 11 is 9.73. The van der Waals surface area contributed by atoms with E-state index < -0.39 is 9.84 Å².